The summed E-state index contributed by atoms with van der Waals surface area (Å²) in [6, 6.07) is 13.0. The number of aliphatic hydroxyl groups excluding tert-OH is 1. The van der Waals surface area contributed by atoms with E-state index in [1.807, 2.05) is 31.3 Å². The second-order valence-corrected chi connectivity index (χ2v) is 5.23. The van der Waals surface area contributed by atoms with Gasteiger partial charge in [-0.25, -0.2) is 0 Å². The molecule has 0 bridgehead atoms. The third kappa shape index (κ3) is 2.37. The first kappa shape index (κ1) is 13.9. The molecule has 0 saturated carbocycles. The average molecular weight is 303 g/mol. The number of methoxy groups -OCH3 is 1. The van der Waals surface area contributed by atoms with E-state index in [-0.39, 0.29) is 0 Å². The van der Waals surface area contributed by atoms with Crippen molar-refractivity contribution in [1.82, 2.24) is 9.78 Å². The number of hydrogen-bond donors (Lipinski definition) is 1. The maximum atomic E-state index is 10.6. The molecular weight excluding hydrogens is 288 g/mol. The SMILES string of the molecule is COc1cc(C(O)c2nn(C)c3ccccc23)ccc1Cl. The highest BCUT2D eigenvalue weighted by molar-refractivity contribution is 6.32. The highest BCUT2D eigenvalue weighted by Crippen LogP contribution is 2.32. The smallest absolute Gasteiger partial charge is 0.137 e. The van der Waals surface area contributed by atoms with Crippen molar-refractivity contribution in [2.24, 2.45) is 7.05 Å². The minimum atomic E-state index is -0.831. The molecule has 3 rings (SSSR count). The zero-order valence-corrected chi connectivity index (χ0v) is 12.5. The van der Waals surface area contributed by atoms with E-state index in [0.717, 1.165) is 10.9 Å². The molecule has 1 N–H and O–H groups in total. The molecule has 5 heteroatoms. The molecule has 0 fully saturated rings. The molecule has 3 aromatic rings. The van der Waals surface area contributed by atoms with Crippen LogP contribution in [0.15, 0.2) is 42.5 Å². The summed E-state index contributed by atoms with van der Waals surface area (Å²) < 4.78 is 6.96. The number of fused-ring (bicyclic) bond motifs is 1. The highest BCUT2D eigenvalue weighted by Gasteiger charge is 2.19. The summed E-state index contributed by atoms with van der Waals surface area (Å²) in [5, 5.41) is 16.5. The van der Waals surface area contributed by atoms with Crippen LogP contribution in [0.1, 0.15) is 17.4 Å². The van der Waals surface area contributed by atoms with Gasteiger partial charge >= 0.3 is 0 Å². The summed E-state index contributed by atoms with van der Waals surface area (Å²) in [4.78, 5) is 0. The number of benzene rings is 2. The van der Waals surface area contributed by atoms with Crippen molar-refractivity contribution >= 4 is 22.5 Å². The lowest BCUT2D eigenvalue weighted by Gasteiger charge is -2.11. The predicted molar refractivity (Wildman–Crippen MR) is 82.8 cm³/mol. The van der Waals surface area contributed by atoms with E-state index >= 15 is 0 Å². The summed E-state index contributed by atoms with van der Waals surface area (Å²) >= 11 is 6.02. The fourth-order valence-electron chi connectivity index (χ4n) is 2.45. The van der Waals surface area contributed by atoms with Crippen molar-refractivity contribution < 1.29 is 9.84 Å². The fourth-order valence-corrected chi connectivity index (χ4v) is 2.64. The molecule has 0 aliphatic carbocycles. The van der Waals surface area contributed by atoms with Crippen LogP contribution in [0.2, 0.25) is 5.02 Å². The Hall–Kier alpha value is -2.04. The fraction of sp³-hybridized carbons (Fsp3) is 0.188. The number of para-hydroxylation sites is 1. The number of rotatable bonds is 3. The maximum Gasteiger partial charge on any atom is 0.137 e. The van der Waals surface area contributed by atoms with E-state index in [4.69, 9.17) is 16.3 Å². The van der Waals surface area contributed by atoms with Gasteiger partial charge in [0.25, 0.3) is 0 Å². The van der Waals surface area contributed by atoms with Gasteiger partial charge < -0.3 is 9.84 Å². The van der Waals surface area contributed by atoms with Gasteiger partial charge in [-0.2, -0.15) is 5.10 Å². The number of hydrogen-bond acceptors (Lipinski definition) is 3. The lowest BCUT2D eigenvalue weighted by molar-refractivity contribution is 0.215. The maximum absolute atomic E-state index is 10.6. The molecule has 4 nitrogen and oxygen atoms in total. The van der Waals surface area contributed by atoms with E-state index < -0.39 is 6.10 Å². The van der Waals surface area contributed by atoms with Crippen LogP contribution in [0.3, 0.4) is 0 Å². The highest BCUT2D eigenvalue weighted by atomic mass is 35.5. The molecule has 1 heterocycles. The third-order valence-corrected chi connectivity index (χ3v) is 3.85. The molecule has 0 amide bonds. The van der Waals surface area contributed by atoms with E-state index in [0.29, 0.717) is 22.0 Å². The summed E-state index contributed by atoms with van der Waals surface area (Å²) in [6.45, 7) is 0. The lowest BCUT2D eigenvalue weighted by atomic mass is 10.0. The summed E-state index contributed by atoms with van der Waals surface area (Å²) in [5.41, 5.74) is 2.30. The number of aromatic nitrogens is 2. The van der Waals surface area contributed by atoms with Crippen molar-refractivity contribution in [3.63, 3.8) is 0 Å². The number of aliphatic hydroxyl groups is 1. The standard InChI is InChI=1S/C16H15ClN2O2/c1-19-13-6-4-3-5-11(13)15(18-19)16(20)10-7-8-12(17)14(9-10)21-2/h3-9,16,20H,1-2H3. The van der Waals surface area contributed by atoms with Crippen LogP contribution in [0.4, 0.5) is 0 Å². The van der Waals surface area contributed by atoms with Crippen LogP contribution in [0.25, 0.3) is 10.9 Å². The monoisotopic (exact) mass is 302 g/mol. The molecule has 0 aliphatic rings. The second kappa shape index (κ2) is 5.39. The van der Waals surface area contributed by atoms with Gasteiger partial charge in [-0.3, -0.25) is 4.68 Å². The number of halogens is 1. The number of aryl methyl sites for hydroxylation is 1. The zero-order valence-electron chi connectivity index (χ0n) is 11.7. The Morgan fingerprint density at radius 3 is 2.76 bits per heavy atom. The van der Waals surface area contributed by atoms with Gasteiger partial charge in [-0.15, -0.1) is 0 Å². The third-order valence-electron chi connectivity index (χ3n) is 3.54. The van der Waals surface area contributed by atoms with Crippen LogP contribution in [0.5, 0.6) is 5.75 Å². The molecule has 0 saturated heterocycles. The second-order valence-electron chi connectivity index (χ2n) is 4.82. The quantitative estimate of drug-likeness (QED) is 0.807. The van der Waals surface area contributed by atoms with Crippen LogP contribution in [0, 0.1) is 0 Å². The number of nitrogens with zero attached hydrogens (tertiary/aromatic N) is 2. The first-order valence-corrected chi connectivity index (χ1v) is 6.92. The molecule has 0 radical (unpaired) electrons. The van der Waals surface area contributed by atoms with Crippen molar-refractivity contribution in [2.75, 3.05) is 7.11 Å². The van der Waals surface area contributed by atoms with E-state index in [1.54, 1.807) is 30.0 Å². The molecule has 1 aromatic heterocycles. The Morgan fingerprint density at radius 1 is 1.24 bits per heavy atom. The Balaban J connectivity index is 2.10. The van der Waals surface area contributed by atoms with Gasteiger partial charge in [0.1, 0.15) is 17.5 Å². The molecule has 1 unspecified atom stereocenters. The van der Waals surface area contributed by atoms with Crippen LogP contribution < -0.4 is 4.74 Å². The Morgan fingerprint density at radius 2 is 2.00 bits per heavy atom. The van der Waals surface area contributed by atoms with Gasteiger partial charge in [-0.1, -0.05) is 35.9 Å². The first-order chi connectivity index (χ1) is 10.1. The lowest BCUT2D eigenvalue weighted by Crippen LogP contribution is -2.02. The van der Waals surface area contributed by atoms with E-state index in [2.05, 4.69) is 5.10 Å². The summed E-state index contributed by atoms with van der Waals surface area (Å²) in [7, 11) is 3.41. The summed E-state index contributed by atoms with van der Waals surface area (Å²) in [5.74, 6) is 0.536. The van der Waals surface area contributed by atoms with Gasteiger partial charge in [0, 0.05) is 12.4 Å². The minimum absolute atomic E-state index is 0.513. The summed E-state index contributed by atoms with van der Waals surface area (Å²) in [6.07, 6.45) is -0.831. The molecular formula is C16H15ClN2O2. The Bertz CT molecular complexity index is 798. The topological polar surface area (TPSA) is 47.3 Å². The average Bonchev–Trinajstić information content (AvgIpc) is 2.85. The largest absolute Gasteiger partial charge is 0.495 e. The zero-order chi connectivity index (χ0) is 15.0. The van der Waals surface area contributed by atoms with Crippen molar-refractivity contribution in [2.45, 2.75) is 6.10 Å². The van der Waals surface area contributed by atoms with Gasteiger partial charge in [-0.05, 0) is 23.8 Å². The number of ether oxygens (including phenoxy) is 1. The predicted octanol–water partition coefficient (Wildman–Crippen LogP) is 3.32. The Kier molecular flexibility index (Phi) is 3.57. The van der Waals surface area contributed by atoms with E-state index in [1.165, 1.54) is 0 Å². The normalized spacial score (nSPS) is 12.6. The van der Waals surface area contributed by atoms with Crippen molar-refractivity contribution in [3.8, 4) is 5.75 Å². The Labute approximate surface area is 127 Å². The molecule has 2 aromatic carbocycles. The van der Waals surface area contributed by atoms with Crippen LogP contribution in [-0.4, -0.2) is 22.0 Å². The molecule has 0 spiro atoms. The van der Waals surface area contributed by atoms with E-state index in [9.17, 15) is 5.11 Å². The van der Waals surface area contributed by atoms with Gasteiger partial charge in [0.15, 0.2) is 0 Å². The van der Waals surface area contributed by atoms with Crippen LogP contribution in [-0.2, 0) is 7.05 Å². The van der Waals surface area contributed by atoms with Gasteiger partial charge in [0.2, 0.25) is 0 Å². The molecule has 1 atom stereocenters. The van der Waals surface area contributed by atoms with Crippen molar-refractivity contribution in [3.05, 3.63) is 58.7 Å². The first-order valence-electron chi connectivity index (χ1n) is 6.55. The van der Waals surface area contributed by atoms with Crippen molar-refractivity contribution in [1.29, 1.82) is 0 Å². The molecule has 108 valence electrons. The minimum Gasteiger partial charge on any atom is -0.495 e. The molecule has 21 heavy (non-hydrogen) atoms. The van der Waals surface area contributed by atoms with Gasteiger partial charge in [0.05, 0.1) is 17.6 Å². The van der Waals surface area contributed by atoms with Crippen LogP contribution >= 0.6 is 11.6 Å². The molecule has 0 aliphatic heterocycles.